The third-order valence-corrected chi connectivity index (χ3v) is 3.35. The van der Waals surface area contributed by atoms with Crippen molar-refractivity contribution in [1.29, 1.82) is 0 Å². The Kier molecular flexibility index (Phi) is 3.67. The van der Waals surface area contributed by atoms with E-state index in [2.05, 4.69) is 19.9 Å². The van der Waals surface area contributed by atoms with Crippen molar-refractivity contribution in [2.24, 2.45) is 0 Å². The lowest BCUT2D eigenvalue weighted by atomic mass is 10.1. The van der Waals surface area contributed by atoms with Crippen molar-refractivity contribution in [3.05, 3.63) is 29.3 Å². The average Bonchev–Trinajstić information content (AvgIpc) is 2.71. The van der Waals surface area contributed by atoms with Gasteiger partial charge in [-0.1, -0.05) is 12.1 Å². The SMILES string of the molecule is Cc1cccc(OCCN2CCCC2=O)c1C. The fourth-order valence-corrected chi connectivity index (χ4v) is 2.09. The third-order valence-electron chi connectivity index (χ3n) is 3.35. The minimum absolute atomic E-state index is 0.259. The second-order valence-corrected chi connectivity index (χ2v) is 4.53. The third kappa shape index (κ3) is 2.78. The number of ether oxygens (including phenoxy) is 1. The lowest BCUT2D eigenvalue weighted by Crippen LogP contribution is -2.29. The van der Waals surface area contributed by atoms with Gasteiger partial charge in [0.05, 0.1) is 6.54 Å². The molecule has 1 fully saturated rings. The maximum atomic E-state index is 11.4. The Morgan fingerprint density at radius 2 is 2.18 bits per heavy atom. The predicted molar refractivity (Wildman–Crippen MR) is 67.2 cm³/mol. The van der Waals surface area contributed by atoms with Crippen LogP contribution in [0.3, 0.4) is 0 Å². The van der Waals surface area contributed by atoms with Gasteiger partial charge < -0.3 is 9.64 Å². The number of rotatable bonds is 4. The van der Waals surface area contributed by atoms with Crippen molar-refractivity contribution >= 4 is 5.91 Å². The summed E-state index contributed by atoms with van der Waals surface area (Å²) in [5, 5.41) is 0. The van der Waals surface area contributed by atoms with Gasteiger partial charge in [0, 0.05) is 13.0 Å². The second-order valence-electron chi connectivity index (χ2n) is 4.53. The Morgan fingerprint density at radius 1 is 1.35 bits per heavy atom. The molecule has 0 radical (unpaired) electrons. The lowest BCUT2D eigenvalue weighted by Gasteiger charge is -2.17. The lowest BCUT2D eigenvalue weighted by molar-refractivity contribution is -0.128. The molecule has 0 saturated carbocycles. The van der Waals surface area contributed by atoms with Crippen molar-refractivity contribution < 1.29 is 9.53 Å². The van der Waals surface area contributed by atoms with Crippen LogP contribution in [0.2, 0.25) is 0 Å². The number of likely N-dealkylation sites (tertiary alicyclic amines) is 1. The highest BCUT2D eigenvalue weighted by molar-refractivity contribution is 5.78. The van der Waals surface area contributed by atoms with E-state index in [9.17, 15) is 4.79 Å². The molecule has 1 aliphatic rings. The van der Waals surface area contributed by atoms with Crippen LogP contribution in [-0.4, -0.2) is 30.5 Å². The quantitative estimate of drug-likeness (QED) is 0.798. The molecule has 1 aliphatic heterocycles. The fraction of sp³-hybridized carbons (Fsp3) is 0.500. The van der Waals surface area contributed by atoms with Crippen molar-refractivity contribution in [2.45, 2.75) is 26.7 Å². The molecule has 0 N–H and O–H groups in total. The Hall–Kier alpha value is -1.51. The van der Waals surface area contributed by atoms with Crippen molar-refractivity contribution in [3.8, 4) is 5.75 Å². The largest absolute Gasteiger partial charge is 0.491 e. The van der Waals surface area contributed by atoms with Crippen molar-refractivity contribution in [3.63, 3.8) is 0 Å². The van der Waals surface area contributed by atoms with E-state index in [0.717, 1.165) is 18.7 Å². The zero-order valence-corrected chi connectivity index (χ0v) is 10.5. The van der Waals surface area contributed by atoms with Crippen molar-refractivity contribution in [2.75, 3.05) is 19.7 Å². The van der Waals surface area contributed by atoms with Crippen LogP contribution < -0.4 is 4.74 Å². The number of benzene rings is 1. The van der Waals surface area contributed by atoms with E-state index in [1.165, 1.54) is 11.1 Å². The van der Waals surface area contributed by atoms with Gasteiger partial charge in [0.15, 0.2) is 0 Å². The summed E-state index contributed by atoms with van der Waals surface area (Å²) in [7, 11) is 0. The van der Waals surface area contributed by atoms with Gasteiger partial charge in [-0.05, 0) is 37.5 Å². The van der Waals surface area contributed by atoms with Gasteiger partial charge >= 0.3 is 0 Å². The molecule has 0 bridgehead atoms. The topological polar surface area (TPSA) is 29.5 Å². The molecule has 0 aliphatic carbocycles. The average molecular weight is 233 g/mol. The van der Waals surface area contributed by atoms with E-state index in [0.29, 0.717) is 19.6 Å². The highest BCUT2D eigenvalue weighted by atomic mass is 16.5. The maximum absolute atomic E-state index is 11.4. The van der Waals surface area contributed by atoms with Gasteiger partial charge in [0.2, 0.25) is 5.91 Å². The molecule has 3 heteroatoms. The second kappa shape index (κ2) is 5.21. The Balaban J connectivity index is 1.86. The highest BCUT2D eigenvalue weighted by Gasteiger charge is 2.19. The van der Waals surface area contributed by atoms with E-state index in [1.54, 1.807) is 0 Å². The van der Waals surface area contributed by atoms with Crippen molar-refractivity contribution in [1.82, 2.24) is 4.90 Å². The Bertz CT molecular complexity index is 415. The molecule has 3 nitrogen and oxygen atoms in total. The van der Waals surface area contributed by atoms with Gasteiger partial charge in [-0.15, -0.1) is 0 Å². The molecular weight excluding hydrogens is 214 g/mol. The number of carbonyl (C=O) groups is 1. The van der Waals surface area contributed by atoms with Crippen LogP contribution in [0.25, 0.3) is 0 Å². The molecule has 1 aromatic carbocycles. The zero-order chi connectivity index (χ0) is 12.3. The molecule has 1 aromatic rings. The van der Waals surface area contributed by atoms with Crippen LogP contribution in [0.1, 0.15) is 24.0 Å². The summed E-state index contributed by atoms with van der Waals surface area (Å²) < 4.78 is 5.73. The van der Waals surface area contributed by atoms with Crippen LogP contribution in [0.4, 0.5) is 0 Å². The molecule has 1 saturated heterocycles. The first-order chi connectivity index (χ1) is 8.18. The van der Waals surface area contributed by atoms with Crippen LogP contribution in [-0.2, 0) is 4.79 Å². The summed E-state index contributed by atoms with van der Waals surface area (Å²) >= 11 is 0. The molecule has 2 rings (SSSR count). The van der Waals surface area contributed by atoms with E-state index >= 15 is 0 Å². The Morgan fingerprint density at radius 3 is 2.88 bits per heavy atom. The summed E-state index contributed by atoms with van der Waals surface area (Å²) in [6.45, 7) is 6.30. The van der Waals surface area contributed by atoms with Gasteiger partial charge in [-0.25, -0.2) is 0 Å². The van der Waals surface area contributed by atoms with Gasteiger partial charge in [-0.3, -0.25) is 4.79 Å². The molecular formula is C14H19NO2. The molecule has 0 atom stereocenters. The van der Waals surface area contributed by atoms with Crippen LogP contribution in [0.5, 0.6) is 5.75 Å². The van der Waals surface area contributed by atoms with E-state index < -0.39 is 0 Å². The minimum Gasteiger partial charge on any atom is -0.491 e. The van der Waals surface area contributed by atoms with Crippen LogP contribution in [0, 0.1) is 13.8 Å². The summed E-state index contributed by atoms with van der Waals surface area (Å²) in [6.07, 6.45) is 1.69. The molecule has 0 unspecified atom stereocenters. The van der Waals surface area contributed by atoms with E-state index in [4.69, 9.17) is 4.74 Å². The first-order valence-electron chi connectivity index (χ1n) is 6.15. The number of hydrogen-bond donors (Lipinski definition) is 0. The highest BCUT2D eigenvalue weighted by Crippen LogP contribution is 2.20. The number of nitrogens with zero attached hydrogens (tertiary/aromatic N) is 1. The molecule has 0 spiro atoms. The first-order valence-corrected chi connectivity index (χ1v) is 6.15. The van der Waals surface area contributed by atoms with Crippen LogP contribution in [0.15, 0.2) is 18.2 Å². The predicted octanol–water partition coefficient (Wildman–Crippen LogP) is 2.30. The monoisotopic (exact) mass is 233 g/mol. The molecule has 0 aromatic heterocycles. The number of amides is 1. The molecule has 17 heavy (non-hydrogen) atoms. The van der Waals surface area contributed by atoms with Gasteiger partial charge in [0.1, 0.15) is 12.4 Å². The minimum atomic E-state index is 0.259. The zero-order valence-electron chi connectivity index (χ0n) is 10.5. The Labute approximate surface area is 102 Å². The molecule has 1 amide bonds. The maximum Gasteiger partial charge on any atom is 0.222 e. The van der Waals surface area contributed by atoms with Crippen LogP contribution >= 0.6 is 0 Å². The smallest absolute Gasteiger partial charge is 0.222 e. The van der Waals surface area contributed by atoms with Gasteiger partial charge in [0.25, 0.3) is 0 Å². The standard InChI is InChI=1S/C14H19NO2/c1-11-5-3-6-13(12(11)2)17-10-9-15-8-4-7-14(15)16/h3,5-6H,4,7-10H2,1-2H3. The van der Waals surface area contributed by atoms with E-state index in [-0.39, 0.29) is 5.91 Å². The van der Waals surface area contributed by atoms with E-state index in [1.807, 2.05) is 17.0 Å². The number of hydrogen-bond acceptors (Lipinski definition) is 2. The first kappa shape index (κ1) is 12.0. The van der Waals surface area contributed by atoms with Gasteiger partial charge in [-0.2, -0.15) is 0 Å². The number of aryl methyl sites for hydroxylation is 1. The summed E-state index contributed by atoms with van der Waals surface area (Å²) in [4.78, 5) is 13.3. The number of carbonyl (C=O) groups excluding carboxylic acids is 1. The summed E-state index contributed by atoms with van der Waals surface area (Å²) in [5.74, 6) is 1.19. The molecule has 1 heterocycles. The summed E-state index contributed by atoms with van der Waals surface area (Å²) in [5.41, 5.74) is 2.42. The summed E-state index contributed by atoms with van der Waals surface area (Å²) in [6, 6.07) is 6.05. The fourth-order valence-electron chi connectivity index (χ4n) is 2.09. The normalized spacial score (nSPS) is 15.4. The molecule has 92 valence electrons.